The third-order valence-electron chi connectivity index (χ3n) is 15.0. The highest BCUT2D eigenvalue weighted by Crippen LogP contribution is 2.49. The van der Waals surface area contributed by atoms with Crippen LogP contribution in [0.4, 0.5) is 34.1 Å². The van der Waals surface area contributed by atoms with Gasteiger partial charge < -0.3 is 9.80 Å². The maximum absolute atomic E-state index is 2.41. The zero-order valence-corrected chi connectivity index (χ0v) is 42.1. The first-order chi connectivity index (χ1) is 36.3. The van der Waals surface area contributed by atoms with Crippen molar-refractivity contribution in [1.29, 1.82) is 0 Å². The lowest BCUT2D eigenvalue weighted by atomic mass is 9.85. The van der Waals surface area contributed by atoms with Crippen molar-refractivity contribution in [2.45, 2.75) is 27.7 Å². The van der Waals surface area contributed by atoms with E-state index in [2.05, 4.69) is 292 Å². The summed E-state index contributed by atoms with van der Waals surface area (Å²) in [4.78, 5) is 4.83. The third-order valence-corrected chi connectivity index (χ3v) is 15.0. The van der Waals surface area contributed by atoms with Gasteiger partial charge in [0, 0.05) is 34.1 Å². The lowest BCUT2D eigenvalue weighted by Gasteiger charge is -2.31. The highest BCUT2D eigenvalue weighted by atomic mass is 15.2. The summed E-state index contributed by atoms with van der Waals surface area (Å²) in [6.45, 7) is 8.62. The number of rotatable bonds is 9. The second kappa shape index (κ2) is 18.4. The van der Waals surface area contributed by atoms with Crippen LogP contribution in [0, 0.1) is 27.7 Å². The quantitative estimate of drug-likeness (QED) is 0.105. The minimum Gasteiger partial charge on any atom is -0.310 e. The van der Waals surface area contributed by atoms with Gasteiger partial charge in [0.25, 0.3) is 0 Å². The molecule has 0 radical (unpaired) electrons. The van der Waals surface area contributed by atoms with Gasteiger partial charge in [-0.25, -0.2) is 0 Å². The summed E-state index contributed by atoms with van der Waals surface area (Å²) >= 11 is 0. The molecule has 13 aromatic rings. The number of anilines is 6. The summed E-state index contributed by atoms with van der Waals surface area (Å²) in [5, 5.41) is 12.4. The Labute approximate surface area is 433 Å². The minimum atomic E-state index is 1.07. The summed E-state index contributed by atoms with van der Waals surface area (Å²) in [5.41, 5.74) is 18.6. The molecule has 13 aromatic carbocycles. The molecule has 0 unspecified atom stereocenters. The first kappa shape index (κ1) is 44.7. The Morgan fingerprint density at radius 1 is 0.216 bits per heavy atom. The molecule has 352 valence electrons. The van der Waals surface area contributed by atoms with Crippen molar-refractivity contribution < 1.29 is 0 Å². The van der Waals surface area contributed by atoms with Crippen LogP contribution in [0.5, 0.6) is 0 Å². The van der Waals surface area contributed by atoms with Crippen molar-refractivity contribution in [3.63, 3.8) is 0 Å². The van der Waals surface area contributed by atoms with Crippen LogP contribution in [0.15, 0.2) is 255 Å². The van der Waals surface area contributed by atoms with Crippen LogP contribution >= 0.6 is 0 Å². The average molecular weight is 947 g/mol. The molecule has 2 heteroatoms. The standard InChI is InChI=1S/C72H54N2/c1-47-23-32-57(33-24-47)73(58-34-25-48(2)26-35-58)61-43-56(44-62(46-61)74(59-36-27-49(3)28-37-59)60-38-29-50(4)30-39-60)72-68-19-9-7-17-66(68)71(67-18-8-10-20-69(67)72)55-16-11-15-53(42-55)63-21-12-22-64-65(63)40-31-54-41-51-13-5-6-14-52(51)45-70(54)64/h5-46H,1-4H3. The van der Waals surface area contributed by atoms with E-state index in [9.17, 15) is 0 Å². The molecule has 0 aliphatic heterocycles. The summed E-state index contributed by atoms with van der Waals surface area (Å²) in [6.07, 6.45) is 0. The minimum absolute atomic E-state index is 1.07. The van der Waals surface area contributed by atoms with Crippen LogP contribution in [0.3, 0.4) is 0 Å². The number of hydrogen-bond donors (Lipinski definition) is 0. The fraction of sp³-hybridized carbons (Fsp3) is 0.0556. The lowest BCUT2D eigenvalue weighted by molar-refractivity contribution is 1.24. The molecule has 0 fully saturated rings. The van der Waals surface area contributed by atoms with Gasteiger partial charge >= 0.3 is 0 Å². The first-order valence-corrected chi connectivity index (χ1v) is 25.7. The van der Waals surface area contributed by atoms with E-state index < -0.39 is 0 Å². The maximum atomic E-state index is 2.41. The molecule has 0 saturated carbocycles. The summed E-state index contributed by atoms with van der Waals surface area (Å²) in [5.74, 6) is 0. The normalized spacial score (nSPS) is 11.5. The van der Waals surface area contributed by atoms with E-state index in [-0.39, 0.29) is 0 Å². The maximum Gasteiger partial charge on any atom is 0.0488 e. The molecule has 0 bridgehead atoms. The Balaban J connectivity index is 1.05. The predicted octanol–water partition coefficient (Wildman–Crippen LogP) is 20.6. The summed E-state index contributed by atoms with van der Waals surface area (Å²) in [6, 6.07) is 94.9. The molecule has 0 atom stereocenters. The Bertz CT molecular complexity index is 4000. The topological polar surface area (TPSA) is 6.48 Å². The van der Waals surface area contributed by atoms with Crippen LogP contribution in [-0.4, -0.2) is 0 Å². The highest BCUT2D eigenvalue weighted by Gasteiger charge is 2.23. The number of benzene rings is 13. The van der Waals surface area contributed by atoms with E-state index in [1.165, 1.54) is 104 Å². The SMILES string of the molecule is Cc1ccc(N(c2ccc(C)cc2)c2cc(-c3c4ccccc4c(-c4cccc(-c5cccc6c5ccc5cc7ccccc7cc56)c4)c4ccccc34)cc(N(c3ccc(C)cc3)c3ccc(C)cc3)c2)cc1. The Morgan fingerprint density at radius 3 is 1.11 bits per heavy atom. The fourth-order valence-electron chi connectivity index (χ4n) is 11.3. The van der Waals surface area contributed by atoms with Crippen molar-refractivity contribution in [3.8, 4) is 33.4 Å². The molecular weight excluding hydrogens is 893 g/mol. The molecule has 0 heterocycles. The fourth-order valence-corrected chi connectivity index (χ4v) is 11.3. The van der Waals surface area contributed by atoms with Crippen molar-refractivity contribution in [2.24, 2.45) is 0 Å². The number of nitrogens with zero attached hydrogens (tertiary/aromatic N) is 2. The van der Waals surface area contributed by atoms with Crippen LogP contribution in [0.25, 0.3) is 87.2 Å². The average Bonchev–Trinajstić information content (AvgIpc) is 3.44. The van der Waals surface area contributed by atoms with Crippen LogP contribution < -0.4 is 9.80 Å². The summed E-state index contributed by atoms with van der Waals surface area (Å²) in [7, 11) is 0. The van der Waals surface area contributed by atoms with Gasteiger partial charge in [0.1, 0.15) is 0 Å². The van der Waals surface area contributed by atoms with Crippen LogP contribution in [0.1, 0.15) is 22.3 Å². The largest absolute Gasteiger partial charge is 0.310 e. The molecule has 0 spiro atoms. The van der Waals surface area contributed by atoms with Gasteiger partial charge in [-0.1, -0.05) is 192 Å². The number of aryl methyl sites for hydroxylation is 4. The van der Waals surface area contributed by atoms with Gasteiger partial charge in [-0.15, -0.1) is 0 Å². The Hall–Kier alpha value is -9.24. The predicted molar refractivity (Wildman–Crippen MR) is 319 cm³/mol. The molecule has 0 amide bonds. The number of hydrogen-bond acceptors (Lipinski definition) is 2. The van der Waals surface area contributed by atoms with E-state index in [1.807, 2.05) is 0 Å². The van der Waals surface area contributed by atoms with E-state index in [1.54, 1.807) is 0 Å². The van der Waals surface area contributed by atoms with Gasteiger partial charge in [0.2, 0.25) is 0 Å². The van der Waals surface area contributed by atoms with Gasteiger partial charge in [0.15, 0.2) is 0 Å². The molecule has 0 N–H and O–H groups in total. The molecule has 74 heavy (non-hydrogen) atoms. The van der Waals surface area contributed by atoms with Crippen LogP contribution in [-0.2, 0) is 0 Å². The van der Waals surface area contributed by atoms with Crippen molar-refractivity contribution in [2.75, 3.05) is 9.80 Å². The monoisotopic (exact) mass is 946 g/mol. The molecule has 2 nitrogen and oxygen atoms in total. The number of fused-ring (bicyclic) bond motifs is 6. The second-order valence-electron chi connectivity index (χ2n) is 20.1. The molecule has 0 saturated heterocycles. The van der Waals surface area contributed by atoms with Crippen molar-refractivity contribution >= 4 is 88.0 Å². The highest BCUT2D eigenvalue weighted by molar-refractivity contribution is 6.22. The molecule has 0 aromatic heterocycles. The molecule has 0 aliphatic rings. The van der Waals surface area contributed by atoms with Gasteiger partial charge in [-0.05, 0) is 200 Å². The van der Waals surface area contributed by atoms with Crippen molar-refractivity contribution in [3.05, 3.63) is 277 Å². The van der Waals surface area contributed by atoms with Crippen LogP contribution in [0.2, 0.25) is 0 Å². The second-order valence-corrected chi connectivity index (χ2v) is 20.1. The van der Waals surface area contributed by atoms with E-state index in [0.29, 0.717) is 0 Å². The zero-order chi connectivity index (χ0) is 49.9. The molecular formula is C72H54N2. The van der Waals surface area contributed by atoms with E-state index in [4.69, 9.17) is 0 Å². The first-order valence-electron chi connectivity index (χ1n) is 25.7. The summed E-state index contributed by atoms with van der Waals surface area (Å²) < 4.78 is 0. The van der Waals surface area contributed by atoms with Gasteiger partial charge in [0.05, 0.1) is 0 Å². The van der Waals surface area contributed by atoms with Gasteiger partial charge in [-0.2, -0.15) is 0 Å². The smallest absolute Gasteiger partial charge is 0.0488 e. The van der Waals surface area contributed by atoms with E-state index >= 15 is 0 Å². The van der Waals surface area contributed by atoms with Gasteiger partial charge in [-0.3, -0.25) is 0 Å². The molecule has 0 aliphatic carbocycles. The third kappa shape index (κ3) is 8.02. The zero-order valence-electron chi connectivity index (χ0n) is 42.1. The lowest BCUT2D eigenvalue weighted by Crippen LogP contribution is -2.14. The van der Waals surface area contributed by atoms with Crippen molar-refractivity contribution in [1.82, 2.24) is 0 Å². The Morgan fingerprint density at radius 2 is 0.622 bits per heavy atom. The molecule has 13 rings (SSSR count). The Kier molecular flexibility index (Phi) is 11.1. The van der Waals surface area contributed by atoms with E-state index in [0.717, 1.165) is 39.7 Å².